The monoisotopic (exact) mass is 588 g/mol. The highest BCUT2D eigenvalue weighted by atomic mass is 16.3. The lowest BCUT2D eigenvalue weighted by atomic mass is 9.84. The van der Waals surface area contributed by atoms with Crippen molar-refractivity contribution in [3.8, 4) is 44.5 Å². The van der Waals surface area contributed by atoms with Crippen LogP contribution in [-0.2, 0) is 0 Å². The fourth-order valence-electron chi connectivity index (χ4n) is 6.00. The van der Waals surface area contributed by atoms with Crippen molar-refractivity contribution in [2.75, 3.05) is 0 Å². The number of hydrogen-bond donors (Lipinski definition) is 0. The van der Waals surface area contributed by atoms with Crippen molar-refractivity contribution < 1.29 is 26.3 Å². The Labute approximate surface area is 284 Å². The summed E-state index contributed by atoms with van der Waals surface area (Å²) < 4.78 is 149. The molecule has 210 valence electrons. The molecule has 0 fully saturated rings. The highest BCUT2D eigenvalue weighted by Gasteiger charge is 2.21. The van der Waals surface area contributed by atoms with E-state index >= 15 is 0 Å². The van der Waals surface area contributed by atoms with Gasteiger partial charge in [0, 0.05) is 10.8 Å². The molecule has 0 aliphatic rings. The minimum Gasteiger partial charge on any atom is -0.456 e. The lowest BCUT2D eigenvalue weighted by Gasteiger charge is -2.19. The summed E-state index contributed by atoms with van der Waals surface area (Å²) >= 11 is 0. The summed E-state index contributed by atoms with van der Waals surface area (Å²) in [5, 5.41) is 0.579. The van der Waals surface area contributed by atoms with Crippen molar-refractivity contribution >= 4 is 43.5 Å². The lowest BCUT2D eigenvalue weighted by Crippen LogP contribution is -1.92. The summed E-state index contributed by atoms with van der Waals surface area (Å²) in [4.78, 5) is 0. The molecule has 0 atom stereocenters. The van der Waals surface area contributed by atoms with Gasteiger partial charge < -0.3 is 4.42 Å². The average Bonchev–Trinajstić information content (AvgIpc) is 3.64. The molecule has 1 nitrogen and oxygen atoms in total. The molecule has 8 aromatic carbocycles. The summed E-state index contributed by atoms with van der Waals surface area (Å²) in [6, 6.07) is 10.4. The van der Waals surface area contributed by atoms with E-state index in [2.05, 4.69) is 0 Å². The van der Waals surface area contributed by atoms with Crippen molar-refractivity contribution in [2.24, 2.45) is 0 Å². The maximum atomic E-state index is 9.49. The van der Waals surface area contributed by atoms with Crippen LogP contribution < -0.4 is 0 Å². The molecule has 1 heteroatoms. The lowest BCUT2D eigenvalue weighted by molar-refractivity contribution is 0.669. The normalized spacial score (nSPS) is 16.5. The van der Waals surface area contributed by atoms with E-state index in [0.717, 1.165) is 5.56 Å². The molecule has 0 aliphatic heterocycles. The van der Waals surface area contributed by atoms with Gasteiger partial charge in [-0.2, -0.15) is 0 Å². The summed E-state index contributed by atoms with van der Waals surface area (Å²) in [7, 11) is 0. The van der Waals surface area contributed by atoms with Crippen LogP contribution in [0.4, 0.5) is 0 Å². The summed E-state index contributed by atoms with van der Waals surface area (Å²) in [6.07, 6.45) is 0. The fourth-order valence-corrected chi connectivity index (χ4v) is 6.00. The second-order valence-electron chi connectivity index (χ2n) is 10.4. The molecule has 0 radical (unpaired) electrons. The highest BCUT2D eigenvalue weighted by molar-refractivity contribution is 6.26. The Morgan fingerprint density at radius 3 is 1.80 bits per heavy atom. The number of fused-ring (bicyclic) bond motifs is 5. The largest absolute Gasteiger partial charge is 0.456 e. The van der Waals surface area contributed by atoms with Crippen LogP contribution in [0.5, 0.6) is 0 Å². The summed E-state index contributed by atoms with van der Waals surface area (Å²) in [5.41, 5.74) is 0.816. The molecule has 0 amide bonds. The Kier molecular flexibility index (Phi) is 3.28. The molecule has 9 rings (SSSR count). The van der Waals surface area contributed by atoms with Gasteiger partial charge in [0.15, 0.2) is 0 Å². The van der Waals surface area contributed by atoms with E-state index in [1.807, 2.05) is 42.5 Å². The van der Waals surface area contributed by atoms with Crippen LogP contribution in [0, 0.1) is 0 Å². The zero-order valence-corrected chi connectivity index (χ0v) is 23.3. The maximum Gasteiger partial charge on any atom is 0.136 e. The summed E-state index contributed by atoms with van der Waals surface area (Å²) in [5.74, 6) is 0. The van der Waals surface area contributed by atoms with Crippen molar-refractivity contribution in [1.29, 1.82) is 0 Å². The molecule has 9 aromatic rings. The Morgan fingerprint density at radius 1 is 0.378 bits per heavy atom. The molecule has 0 N–H and O–H groups in total. The van der Waals surface area contributed by atoms with Crippen molar-refractivity contribution in [3.05, 3.63) is 169 Å². The van der Waals surface area contributed by atoms with Crippen LogP contribution in [0.25, 0.3) is 88.0 Å². The molecule has 0 spiro atoms. The third-order valence-corrected chi connectivity index (χ3v) is 7.93. The van der Waals surface area contributed by atoms with Crippen LogP contribution in [0.2, 0.25) is 0 Å². The molecular weight excluding hydrogens is 544 g/mol. The van der Waals surface area contributed by atoms with E-state index in [1.165, 1.54) is 6.07 Å². The Balaban J connectivity index is 1.55. The van der Waals surface area contributed by atoms with E-state index < -0.39 is 113 Å². The van der Waals surface area contributed by atoms with Crippen LogP contribution >= 0.6 is 0 Å². The van der Waals surface area contributed by atoms with E-state index in [4.69, 9.17) is 16.8 Å². The van der Waals surface area contributed by atoms with Gasteiger partial charge >= 0.3 is 0 Å². The third-order valence-electron chi connectivity index (χ3n) is 7.93. The first kappa shape index (κ1) is 14.2. The van der Waals surface area contributed by atoms with Crippen molar-refractivity contribution in [3.63, 3.8) is 0 Å². The van der Waals surface area contributed by atoms with Gasteiger partial charge in [0.25, 0.3) is 0 Å². The van der Waals surface area contributed by atoms with Crippen LogP contribution in [0.15, 0.2) is 174 Å². The van der Waals surface area contributed by atoms with E-state index in [1.54, 1.807) is 24.3 Å². The zero-order valence-electron chi connectivity index (χ0n) is 39.3. The van der Waals surface area contributed by atoms with Crippen LogP contribution in [-0.4, -0.2) is 0 Å². The molecule has 1 heterocycles. The smallest absolute Gasteiger partial charge is 0.136 e. The van der Waals surface area contributed by atoms with Crippen LogP contribution in [0.3, 0.4) is 0 Å². The van der Waals surface area contributed by atoms with Crippen LogP contribution in [0.1, 0.15) is 21.9 Å². The summed E-state index contributed by atoms with van der Waals surface area (Å²) in [6.45, 7) is 0. The maximum absolute atomic E-state index is 9.49. The number of furan rings is 1. The van der Waals surface area contributed by atoms with E-state index in [-0.39, 0.29) is 32.7 Å². The van der Waals surface area contributed by atoms with Gasteiger partial charge in [-0.05, 0) is 84.3 Å². The number of para-hydroxylation sites is 1. The number of hydrogen-bond acceptors (Lipinski definition) is 1. The van der Waals surface area contributed by atoms with Gasteiger partial charge in [-0.1, -0.05) is 151 Å². The topological polar surface area (TPSA) is 13.1 Å². The molecule has 0 unspecified atom stereocenters. The first-order valence-electron chi connectivity index (χ1n) is 22.1. The first-order chi connectivity index (χ1) is 29.0. The molecule has 0 bridgehead atoms. The Bertz CT molecular complexity index is 3370. The molecule has 0 aliphatic carbocycles. The SMILES string of the molecule is [2H]c1cc2c(-c3c([2H])c([2H])c(-c4c([2H])c([2H])c([2H])c([2H])c4[2H])c([2H])c3[2H])c3c([2H])c([2H])c([2H])c([2H])c3c(-c3cc(-c4ccccc4)cc4oc5ccccc5c34)c2c([2H])c1[2H]. The minimum absolute atomic E-state index is 0.0723. The second kappa shape index (κ2) is 10.4. The second-order valence-corrected chi connectivity index (χ2v) is 10.4. The molecule has 1 aromatic heterocycles. The van der Waals surface area contributed by atoms with Crippen molar-refractivity contribution in [2.45, 2.75) is 0 Å². The molecule has 45 heavy (non-hydrogen) atoms. The number of rotatable bonds is 4. The minimum atomic E-state index is -0.808. The van der Waals surface area contributed by atoms with Gasteiger partial charge in [-0.3, -0.25) is 0 Å². The molecule has 0 saturated heterocycles. The van der Waals surface area contributed by atoms with Gasteiger partial charge in [-0.15, -0.1) is 0 Å². The van der Waals surface area contributed by atoms with Gasteiger partial charge in [0.1, 0.15) is 11.2 Å². The predicted molar refractivity (Wildman–Crippen MR) is 190 cm³/mol. The molecular formula is C44H28O. The first-order valence-corrected chi connectivity index (χ1v) is 14.1. The van der Waals surface area contributed by atoms with E-state index in [9.17, 15) is 9.60 Å². The van der Waals surface area contributed by atoms with Gasteiger partial charge in [-0.25, -0.2) is 0 Å². The predicted octanol–water partition coefficient (Wildman–Crippen LogP) is 12.6. The Hall–Kier alpha value is -5.92. The quantitative estimate of drug-likeness (QED) is 0.186. The highest BCUT2D eigenvalue weighted by Crippen LogP contribution is 2.48. The van der Waals surface area contributed by atoms with Gasteiger partial charge in [0.2, 0.25) is 0 Å². The fraction of sp³-hybridized carbons (Fsp3) is 0. The van der Waals surface area contributed by atoms with Crippen molar-refractivity contribution in [1.82, 2.24) is 0 Å². The number of benzene rings is 8. The Morgan fingerprint density at radius 2 is 1.00 bits per heavy atom. The van der Waals surface area contributed by atoms with Gasteiger partial charge in [0.05, 0.1) is 21.9 Å². The zero-order chi connectivity index (χ0) is 43.7. The average molecular weight is 589 g/mol. The van der Waals surface area contributed by atoms with E-state index in [0.29, 0.717) is 33.1 Å². The molecule has 0 saturated carbocycles. The standard InChI is InChI=1S/C44H28O/c1-3-13-29(14-4-1)31-23-25-32(26-24-31)42-34-17-7-9-19-36(34)43(37-20-10-8-18-35(37)42)39-27-33(30-15-5-2-6-16-30)28-41-44(39)38-21-11-12-22-40(38)45-41/h1-28H/i1D,3D,4D,7D,8D,9D,10D,13D,14D,17D,19D,20D,23D,24D,25D,26D. The third kappa shape index (κ3) is 4.17.